The van der Waals surface area contributed by atoms with Crippen LogP contribution in [0.3, 0.4) is 0 Å². The maximum absolute atomic E-state index is 12.7. The number of amides is 1. The van der Waals surface area contributed by atoms with Gasteiger partial charge in [0.1, 0.15) is 5.75 Å². The number of nitrogens with zero attached hydrogens (tertiary/aromatic N) is 1. The lowest BCUT2D eigenvalue weighted by atomic mass is 10.2. The summed E-state index contributed by atoms with van der Waals surface area (Å²) < 4.78 is 5.28. The van der Waals surface area contributed by atoms with Crippen molar-refractivity contribution >= 4 is 40.7 Å². The highest BCUT2D eigenvalue weighted by Crippen LogP contribution is 2.29. The third-order valence-corrected chi connectivity index (χ3v) is 3.41. The van der Waals surface area contributed by atoms with Gasteiger partial charge in [0, 0.05) is 17.3 Å². The van der Waals surface area contributed by atoms with Gasteiger partial charge in [0.2, 0.25) is 0 Å². The molecular formula is C15H13ClN2O2S. The van der Waals surface area contributed by atoms with E-state index in [0.717, 1.165) is 0 Å². The number of ether oxygens (including phenoxy) is 1. The first-order valence-corrected chi connectivity index (χ1v) is 6.90. The number of halogens is 1. The maximum Gasteiger partial charge on any atom is 0.264 e. The lowest BCUT2D eigenvalue weighted by Gasteiger charge is -2.24. The molecule has 0 aliphatic rings. The molecule has 0 radical (unpaired) electrons. The molecule has 4 nitrogen and oxygen atoms in total. The molecule has 0 atom stereocenters. The standard InChI is InChI=1S/C15H13ClN2O2S/c1-20-13-10-6-5-9-12(13)18(15(21)17-16)14(19)11-7-3-2-4-8-11/h2-10H,1H3,(H,17,21). The number of methoxy groups -OCH3 is 1. The normalized spacial score (nSPS) is 9.81. The molecule has 1 N–H and O–H groups in total. The number of carbonyl (C=O) groups is 1. The summed E-state index contributed by atoms with van der Waals surface area (Å²) in [6.07, 6.45) is 0. The Morgan fingerprint density at radius 2 is 1.76 bits per heavy atom. The zero-order chi connectivity index (χ0) is 15.2. The number of rotatable bonds is 3. The molecule has 2 aromatic rings. The summed E-state index contributed by atoms with van der Waals surface area (Å²) in [7, 11) is 1.53. The highest BCUT2D eigenvalue weighted by atomic mass is 35.5. The van der Waals surface area contributed by atoms with E-state index in [2.05, 4.69) is 4.84 Å². The first-order valence-electron chi connectivity index (χ1n) is 6.12. The van der Waals surface area contributed by atoms with Crippen molar-refractivity contribution in [2.45, 2.75) is 0 Å². The van der Waals surface area contributed by atoms with Crippen LogP contribution in [0.5, 0.6) is 5.75 Å². The summed E-state index contributed by atoms with van der Waals surface area (Å²) in [5.74, 6) is 0.231. The summed E-state index contributed by atoms with van der Waals surface area (Å²) in [4.78, 5) is 16.3. The van der Waals surface area contributed by atoms with Crippen molar-refractivity contribution in [1.29, 1.82) is 0 Å². The van der Waals surface area contributed by atoms with Crippen LogP contribution >= 0.6 is 24.0 Å². The predicted octanol–water partition coefficient (Wildman–Crippen LogP) is 3.37. The maximum atomic E-state index is 12.7. The molecule has 0 aliphatic heterocycles. The number of benzene rings is 2. The van der Waals surface area contributed by atoms with Crippen molar-refractivity contribution < 1.29 is 9.53 Å². The van der Waals surface area contributed by atoms with Crippen LogP contribution in [0.15, 0.2) is 54.6 Å². The van der Waals surface area contributed by atoms with Crippen LogP contribution in [0.25, 0.3) is 0 Å². The molecule has 2 aromatic carbocycles. The van der Waals surface area contributed by atoms with Gasteiger partial charge in [-0.05, 0) is 36.5 Å². The highest BCUT2D eigenvalue weighted by Gasteiger charge is 2.24. The van der Waals surface area contributed by atoms with Crippen LogP contribution in [-0.2, 0) is 0 Å². The van der Waals surface area contributed by atoms with E-state index >= 15 is 0 Å². The fourth-order valence-corrected chi connectivity index (χ4v) is 2.14. The second-order valence-electron chi connectivity index (χ2n) is 4.08. The zero-order valence-corrected chi connectivity index (χ0v) is 12.8. The first kappa shape index (κ1) is 15.3. The summed E-state index contributed by atoms with van der Waals surface area (Å²) in [5, 5.41) is 0.0787. The van der Waals surface area contributed by atoms with Crippen LogP contribution in [0.2, 0.25) is 0 Å². The van der Waals surface area contributed by atoms with E-state index in [0.29, 0.717) is 17.0 Å². The Hall–Kier alpha value is -2.11. The molecule has 0 saturated carbocycles. The number of hydrogen-bond acceptors (Lipinski definition) is 3. The van der Waals surface area contributed by atoms with E-state index in [-0.39, 0.29) is 11.0 Å². The molecule has 6 heteroatoms. The smallest absolute Gasteiger partial charge is 0.264 e. The van der Waals surface area contributed by atoms with Crippen LogP contribution in [0.1, 0.15) is 10.4 Å². The second kappa shape index (κ2) is 7.06. The Labute approximate surface area is 133 Å². The molecule has 0 aliphatic carbocycles. The zero-order valence-electron chi connectivity index (χ0n) is 11.2. The van der Waals surface area contributed by atoms with E-state index in [1.54, 1.807) is 42.5 Å². The number of nitrogens with one attached hydrogen (secondary N) is 1. The molecule has 21 heavy (non-hydrogen) atoms. The highest BCUT2D eigenvalue weighted by molar-refractivity contribution is 7.80. The lowest BCUT2D eigenvalue weighted by molar-refractivity contribution is 0.100. The van der Waals surface area contributed by atoms with Gasteiger partial charge in [-0.1, -0.05) is 30.3 Å². The van der Waals surface area contributed by atoms with E-state index in [1.165, 1.54) is 12.0 Å². The van der Waals surface area contributed by atoms with Crippen LogP contribution in [-0.4, -0.2) is 18.1 Å². The van der Waals surface area contributed by atoms with Crippen molar-refractivity contribution in [2.75, 3.05) is 12.0 Å². The molecular weight excluding hydrogens is 308 g/mol. The average molecular weight is 321 g/mol. The minimum Gasteiger partial charge on any atom is -0.495 e. The van der Waals surface area contributed by atoms with Gasteiger partial charge in [-0.3, -0.25) is 9.63 Å². The summed E-state index contributed by atoms with van der Waals surface area (Å²) in [5.41, 5.74) is 1.02. The van der Waals surface area contributed by atoms with Crippen LogP contribution in [0.4, 0.5) is 5.69 Å². The SMILES string of the molecule is COc1ccccc1N(C(=O)c1ccccc1)C(=S)NCl. The monoisotopic (exact) mass is 320 g/mol. The van der Waals surface area contributed by atoms with E-state index in [1.807, 2.05) is 12.1 Å². The van der Waals surface area contributed by atoms with Gasteiger partial charge < -0.3 is 4.74 Å². The van der Waals surface area contributed by atoms with Gasteiger partial charge >= 0.3 is 0 Å². The van der Waals surface area contributed by atoms with Crippen molar-refractivity contribution in [1.82, 2.24) is 4.84 Å². The minimum absolute atomic E-state index is 0.0787. The predicted molar refractivity (Wildman–Crippen MR) is 87.8 cm³/mol. The topological polar surface area (TPSA) is 41.6 Å². The quantitative estimate of drug-likeness (QED) is 0.695. The minimum atomic E-state index is -0.293. The Morgan fingerprint density at radius 3 is 2.38 bits per heavy atom. The number of carbonyl (C=O) groups excluding carboxylic acids is 1. The van der Waals surface area contributed by atoms with E-state index in [4.69, 9.17) is 28.7 Å². The van der Waals surface area contributed by atoms with Crippen molar-refractivity contribution in [3.05, 3.63) is 60.2 Å². The Morgan fingerprint density at radius 1 is 1.14 bits per heavy atom. The van der Waals surface area contributed by atoms with Crippen LogP contribution < -0.4 is 14.5 Å². The Bertz CT molecular complexity index is 649. The van der Waals surface area contributed by atoms with E-state index in [9.17, 15) is 4.79 Å². The fourth-order valence-electron chi connectivity index (χ4n) is 1.88. The van der Waals surface area contributed by atoms with Gasteiger partial charge in [-0.2, -0.15) is 0 Å². The molecule has 108 valence electrons. The molecule has 0 spiro atoms. The molecule has 0 unspecified atom stereocenters. The van der Waals surface area contributed by atoms with Crippen molar-refractivity contribution in [2.24, 2.45) is 0 Å². The molecule has 2 rings (SSSR count). The molecule has 0 bridgehead atoms. The van der Waals surface area contributed by atoms with Gasteiger partial charge in [-0.15, -0.1) is 0 Å². The van der Waals surface area contributed by atoms with Crippen molar-refractivity contribution in [3.63, 3.8) is 0 Å². The molecule has 1 amide bonds. The van der Waals surface area contributed by atoms with Gasteiger partial charge in [0.25, 0.3) is 5.91 Å². The summed E-state index contributed by atoms with van der Waals surface area (Å²) in [6.45, 7) is 0. The van der Waals surface area contributed by atoms with Gasteiger partial charge in [-0.25, -0.2) is 4.90 Å². The molecule has 0 heterocycles. The Kier molecular flexibility index (Phi) is 5.14. The molecule has 0 aromatic heterocycles. The number of anilines is 1. The summed E-state index contributed by atoms with van der Waals surface area (Å²) in [6, 6.07) is 15.9. The average Bonchev–Trinajstić information content (AvgIpc) is 2.56. The van der Waals surface area contributed by atoms with E-state index < -0.39 is 0 Å². The lowest BCUT2D eigenvalue weighted by Crippen LogP contribution is -2.41. The van der Waals surface area contributed by atoms with Crippen LogP contribution in [0, 0.1) is 0 Å². The number of thiocarbonyl (C=S) groups is 1. The molecule has 0 fully saturated rings. The summed E-state index contributed by atoms with van der Waals surface area (Å²) >= 11 is 10.7. The van der Waals surface area contributed by atoms with Gasteiger partial charge in [0.15, 0.2) is 5.11 Å². The third kappa shape index (κ3) is 3.32. The number of para-hydroxylation sites is 2. The molecule has 0 saturated heterocycles. The number of hydrogen-bond donors (Lipinski definition) is 1. The largest absolute Gasteiger partial charge is 0.495 e. The first-order chi connectivity index (χ1) is 10.2. The van der Waals surface area contributed by atoms with Crippen molar-refractivity contribution in [3.8, 4) is 5.75 Å². The Balaban J connectivity index is 2.49. The second-order valence-corrected chi connectivity index (χ2v) is 4.65. The third-order valence-electron chi connectivity index (χ3n) is 2.83. The fraction of sp³-hybridized carbons (Fsp3) is 0.0667. The van der Waals surface area contributed by atoms with Gasteiger partial charge in [0.05, 0.1) is 12.8 Å².